The van der Waals surface area contributed by atoms with E-state index in [9.17, 15) is 4.79 Å². The maximum absolute atomic E-state index is 12.3. The minimum absolute atomic E-state index is 0.124. The van der Waals surface area contributed by atoms with E-state index >= 15 is 0 Å². The molecule has 0 aliphatic heterocycles. The van der Waals surface area contributed by atoms with Crippen LogP contribution in [-0.2, 0) is 4.74 Å². The molecule has 4 rings (SSSR count). The van der Waals surface area contributed by atoms with Gasteiger partial charge in [0, 0.05) is 5.39 Å². The van der Waals surface area contributed by atoms with Gasteiger partial charge in [-0.1, -0.05) is 42.5 Å². The van der Waals surface area contributed by atoms with Crippen molar-refractivity contribution in [2.75, 3.05) is 18.6 Å². The zero-order valence-electron chi connectivity index (χ0n) is 15.2. The molecule has 3 aromatic carbocycles. The number of carbonyl (C=O) groups excluding carboxylic acids is 1. The molecule has 28 heavy (non-hydrogen) atoms. The summed E-state index contributed by atoms with van der Waals surface area (Å²) < 4.78 is 4.97. The zero-order chi connectivity index (χ0) is 19.7. The number of hydrogen-bond donors (Lipinski definition) is 2. The van der Waals surface area contributed by atoms with Gasteiger partial charge < -0.3 is 16.2 Å². The Kier molecular flexibility index (Phi) is 4.37. The first-order chi connectivity index (χ1) is 13.6. The largest absolute Gasteiger partial charge is 0.465 e. The van der Waals surface area contributed by atoms with Gasteiger partial charge in [0.25, 0.3) is 0 Å². The number of aromatic nitrogens is 2. The summed E-state index contributed by atoms with van der Waals surface area (Å²) in [6.07, 6.45) is 0. The van der Waals surface area contributed by atoms with E-state index in [4.69, 9.17) is 16.2 Å². The number of rotatable bonds is 3. The van der Waals surface area contributed by atoms with Crippen LogP contribution in [-0.4, -0.2) is 23.0 Å². The fraction of sp³-hybridized carbons (Fsp3) is 0.0455. The fourth-order valence-electron chi connectivity index (χ4n) is 3.22. The minimum atomic E-state index is -0.406. The van der Waals surface area contributed by atoms with Gasteiger partial charge in [0.2, 0.25) is 5.95 Å². The fourth-order valence-corrected chi connectivity index (χ4v) is 3.22. The van der Waals surface area contributed by atoms with Crippen molar-refractivity contribution in [1.82, 2.24) is 9.97 Å². The Morgan fingerprint density at radius 3 is 2.36 bits per heavy atom. The Bertz CT molecular complexity index is 1190. The van der Waals surface area contributed by atoms with Crippen LogP contribution in [0.3, 0.4) is 0 Å². The first-order valence-corrected chi connectivity index (χ1v) is 8.68. The highest BCUT2D eigenvalue weighted by Crippen LogP contribution is 2.33. The van der Waals surface area contributed by atoms with Gasteiger partial charge in [0.05, 0.1) is 18.2 Å². The first kappa shape index (κ1) is 17.5. The van der Waals surface area contributed by atoms with Crippen molar-refractivity contribution >= 4 is 28.6 Å². The molecule has 0 bridgehead atoms. The number of nitrogens with zero attached hydrogens (tertiary/aromatic N) is 2. The quantitative estimate of drug-likeness (QED) is 0.530. The summed E-state index contributed by atoms with van der Waals surface area (Å²) in [5.74, 6) is 0.0125. The Morgan fingerprint density at radius 1 is 0.857 bits per heavy atom. The van der Waals surface area contributed by atoms with Gasteiger partial charge in [-0.3, -0.25) is 0 Å². The van der Waals surface area contributed by atoms with Gasteiger partial charge in [-0.05, 0) is 46.5 Å². The number of fused-ring (bicyclic) bond motifs is 1. The number of nitrogens with two attached hydrogens (primary N) is 2. The molecule has 0 aliphatic rings. The van der Waals surface area contributed by atoms with Crippen LogP contribution < -0.4 is 11.5 Å². The SMILES string of the molecule is COC(=O)c1ccc(-c2ccccc2)cc1-c1ccc2nc(N)nc(N)c2c1. The third kappa shape index (κ3) is 3.12. The maximum atomic E-state index is 12.3. The van der Waals surface area contributed by atoms with Crippen LogP contribution in [0, 0.1) is 0 Å². The summed E-state index contributed by atoms with van der Waals surface area (Å²) in [5.41, 5.74) is 16.4. The predicted molar refractivity (Wildman–Crippen MR) is 111 cm³/mol. The maximum Gasteiger partial charge on any atom is 0.338 e. The summed E-state index contributed by atoms with van der Waals surface area (Å²) in [6, 6.07) is 21.2. The molecular weight excluding hydrogens is 352 g/mol. The van der Waals surface area contributed by atoms with Crippen molar-refractivity contribution in [3.05, 3.63) is 72.3 Å². The Labute approximate surface area is 161 Å². The van der Waals surface area contributed by atoms with Gasteiger partial charge in [0.1, 0.15) is 5.82 Å². The van der Waals surface area contributed by atoms with E-state index in [-0.39, 0.29) is 5.95 Å². The molecule has 6 nitrogen and oxygen atoms in total. The number of methoxy groups -OCH3 is 1. The summed E-state index contributed by atoms with van der Waals surface area (Å²) in [4.78, 5) is 20.6. The molecule has 4 N–H and O–H groups in total. The van der Waals surface area contributed by atoms with Crippen LogP contribution in [0.1, 0.15) is 10.4 Å². The average molecular weight is 370 g/mol. The Hall–Kier alpha value is -3.93. The number of benzene rings is 3. The molecule has 0 atom stereocenters. The van der Waals surface area contributed by atoms with Gasteiger partial charge in [0.15, 0.2) is 0 Å². The van der Waals surface area contributed by atoms with Gasteiger partial charge in [-0.2, -0.15) is 4.98 Å². The van der Waals surface area contributed by atoms with Gasteiger partial charge in [-0.15, -0.1) is 0 Å². The molecule has 0 saturated carbocycles. The minimum Gasteiger partial charge on any atom is -0.465 e. The van der Waals surface area contributed by atoms with Crippen molar-refractivity contribution < 1.29 is 9.53 Å². The number of nitrogen functional groups attached to an aromatic ring is 2. The number of anilines is 2. The van der Waals surface area contributed by atoms with Crippen molar-refractivity contribution in [2.24, 2.45) is 0 Å². The number of carbonyl (C=O) groups is 1. The van der Waals surface area contributed by atoms with Crippen LogP contribution in [0.4, 0.5) is 11.8 Å². The molecule has 1 heterocycles. The zero-order valence-corrected chi connectivity index (χ0v) is 15.2. The molecule has 0 radical (unpaired) electrons. The molecule has 0 fully saturated rings. The van der Waals surface area contributed by atoms with Crippen molar-refractivity contribution in [2.45, 2.75) is 0 Å². The standard InChI is InChI=1S/C22H18N4O2/c1-28-21(27)16-9-7-14(13-5-3-2-4-6-13)11-17(16)15-8-10-19-18(12-15)20(23)26-22(24)25-19/h2-12H,1H3,(H4,23,24,25,26). The average Bonchev–Trinajstić information content (AvgIpc) is 2.73. The lowest BCUT2D eigenvalue weighted by Crippen LogP contribution is -2.04. The molecule has 0 aliphatic carbocycles. The molecule has 4 aromatic rings. The monoisotopic (exact) mass is 370 g/mol. The highest BCUT2D eigenvalue weighted by atomic mass is 16.5. The second-order valence-corrected chi connectivity index (χ2v) is 6.32. The summed E-state index contributed by atoms with van der Waals surface area (Å²) in [5, 5.41) is 0.674. The molecule has 0 spiro atoms. The van der Waals surface area contributed by atoms with Crippen LogP contribution in [0.2, 0.25) is 0 Å². The summed E-state index contributed by atoms with van der Waals surface area (Å²) in [7, 11) is 1.37. The highest BCUT2D eigenvalue weighted by Gasteiger charge is 2.16. The molecule has 1 aromatic heterocycles. The predicted octanol–water partition coefficient (Wildman–Crippen LogP) is 3.91. The van der Waals surface area contributed by atoms with E-state index in [2.05, 4.69) is 9.97 Å². The van der Waals surface area contributed by atoms with Crippen LogP contribution >= 0.6 is 0 Å². The van der Waals surface area contributed by atoms with E-state index in [0.29, 0.717) is 22.3 Å². The molecule has 0 amide bonds. The molecular formula is C22H18N4O2. The van der Waals surface area contributed by atoms with E-state index in [1.54, 1.807) is 6.07 Å². The third-order valence-corrected chi connectivity index (χ3v) is 4.59. The first-order valence-electron chi connectivity index (χ1n) is 8.68. The second-order valence-electron chi connectivity index (χ2n) is 6.32. The lowest BCUT2D eigenvalue weighted by molar-refractivity contribution is 0.0601. The number of ether oxygens (including phenoxy) is 1. The molecule has 138 valence electrons. The number of hydrogen-bond acceptors (Lipinski definition) is 6. The lowest BCUT2D eigenvalue weighted by Gasteiger charge is -2.12. The highest BCUT2D eigenvalue weighted by molar-refractivity contribution is 6.00. The van der Waals surface area contributed by atoms with Gasteiger partial charge >= 0.3 is 5.97 Å². The second kappa shape index (κ2) is 7.00. The lowest BCUT2D eigenvalue weighted by atomic mass is 9.94. The molecule has 0 unspecified atom stereocenters. The molecule has 6 heteroatoms. The number of esters is 1. The van der Waals surface area contributed by atoms with E-state index in [1.165, 1.54) is 7.11 Å². The Balaban J connectivity index is 1.94. The smallest absolute Gasteiger partial charge is 0.338 e. The topological polar surface area (TPSA) is 104 Å². The Morgan fingerprint density at radius 2 is 1.61 bits per heavy atom. The van der Waals surface area contributed by atoms with Crippen LogP contribution in [0.5, 0.6) is 0 Å². The van der Waals surface area contributed by atoms with Crippen molar-refractivity contribution in [3.63, 3.8) is 0 Å². The summed E-state index contributed by atoms with van der Waals surface area (Å²) >= 11 is 0. The van der Waals surface area contributed by atoms with Gasteiger partial charge in [-0.25, -0.2) is 9.78 Å². The van der Waals surface area contributed by atoms with E-state index in [0.717, 1.165) is 22.3 Å². The normalized spacial score (nSPS) is 10.8. The van der Waals surface area contributed by atoms with E-state index in [1.807, 2.05) is 60.7 Å². The third-order valence-electron chi connectivity index (χ3n) is 4.59. The van der Waals surface area contributed by atoms with Crippen LogP contribution in [0.15, 0.2) is 66.7 Å². The van der Waals surface area contributed by atoms with Crippen molar-refractivity contribution in [1.29, 1.82) is 0 Å². The molecule has 0 saturated heterocycles. The van der Waals surface area contributed by atoms with Crippen molar-refractivity contribution in [3.8, 4) is 22.3 Å². The van der Waals surface area contributed by atoms with E-state index < -0.39 is 5.97 Å². The summed E-state index contributed by atoms with van der Waals surface area (Å²) in [6.45, 7) is 0. The van der Waals surface area contributed by atoms with Crippen LogP contribution in [0.25, 0.3) is 33.2 Å².